The summed E-state index contributed by atoms with van der Waals surface area (Å²) in [5.74, 6) is -0.117. The van der Waals surface area contributed by atoms with Gasteiger partial charge in [-0.05, 0) is 12.1 Å². The normalized spacial score (nSPS) is 11.1. The molecule has 0 radical (unpaired) electrons. The number of hydrogen-bond donors (Lipinski definition) is 2. The summed E-state index contributed by atoms with van der Waals surface area (Å²) in [6, 6.07) is 2.50. The van der Waals surface area contributed by atoms with Crippen LogP contribution in [0.1, 0.15) is 0 Å². The van der Waals surface area contributed by atoms with Crippen molar-refractivity contribution in [2.45, 2.75) is 6.61 Å². The summed E-state index contributed by atoms with van der Waals surface area (Å²) in [4.78, 5) is 6.36. The minimum absolute atomic E-state index is 0.0368. The number of aromatic hydroxyl groups is 1. The first-order valence-electron chi connectivity index (χ1n) is 3.78. The van der Waals surface area contributed by atoms with Crippen molar-refractivity contribution >= 4 is 11.0 Å². The smallest absolute Gasteiger partial charge is 0.387 e. The number of nitrogens with zero attached hydrogens (tertiary/aromatic N) is 1. The Bertz CT molecular complexity index is 456. The Morgan fingerprint density at radius 3 is 2.93 bits per heavy atom. The molecule has 1 aromatic carbocycles. The number of phenols is 1. The molecule has 0 aliphatic heterocycles. The molecular weight excluding hydrogens is 194 g/mol. The summed E-state index contributed by atoms with van der Waals surface area (Å²) in [6.07, 6.45) is 1.29. The fraction of sp³-hybridized carbons (Fsp3) is 0.125. The van der Waals surface area contributed by atoms with Crippen LogP contribution in [0.4, 0.5) is 8.78 Å². The number of ether oxygens (including phenoxy) is 1. The monoisotopic (exact) mass is 200 g/mol. The maximum Gasteiger partial charge on any atom is 0.387 e. The van der Waals surface area contributed by atoms with E-state index >= 15 is 0 Å². The van der Waals surface area contributed by atoms with Gasteiger partial charge in [-0.2, -0.15) is 8.78 Å². The van der Waals surface area contributed by atoms with Crippen molar-refractivity contribution in [1.82, 2.24) is 9.97 Å². The largest absolute Gasteiger partial charge is 0.506 e. The van der Waals surface area contributed by atoms with Gasteiger partial charge in [0.05, 0.1) is 6.33 Å². The van der Waals surface area contributed by atoms with Crippen LogP contribution in [0.15, 0.2) is 18.5 Å². The van der Waals surface area contributed by atoms with Gasteiger partial charge in [-0.1, -0.05) is 0 Å². The molecule has 6 heteroatoms. The first kappa shape index (κ1) is 8.74. The number of aromatic amines is 1. The van der Waals surface area contributed by atoms with E-state index in [2.05, 4.69) is 14.7 Å². The summed E-state index contributed by atoms with van der Waals surface area (Å²) in [5.41, 5.74) is 0.466. The van der Waals surface area contributed by atoms with E-state index in [1.807, 2.05) is 0 Å². The van der Waals surface area contributed by atoms with Crippen LogP contribution < -0.4 is 4.74 Å². The Labute approximate surface area is 77.1 Å². The van der Waals surface area contributed by atoms with Crippen molar-refractivity contribution in [3.63, 3.8) is 0 Å². The van der Waals surface area contributed by atoms with Crippen molar-refractivity contribution in [3.05, 3.63) is 18.5 Å². The minimum atomic E-state index is -2.90. The van der Waals surface area contributed by atoms with Gasteiger partial charge in [0.15, 0.2) is 5.75 Å². The number of imidazole rings is 1. The molecule has 0 unspecified atom stereocenters. The zero-order valence-electron chi connectivity index (χ0n) is 6.87. The zero-order chi connectivity index (χ0) is 10.1. The molecule has 0 aliphatic rings. The van der Waals surface area contributed by atoms with E-state index in [1.165, 1.54) is 18.5 Å². The van der Waals surface area contributed by atoms with Crippen molar-refractivity contribution in [2.24, 2.45) is 0 Å². The van der Waals surface area contributed by atoms with Gasteiger partial charge in [0.25, 0.3) is 0 Å². The summed E-state index contributed by atoms with van der Waals surface area (Å²) in [7, 11) is 0. The number of nitrogens with one attached hydrogen (secondary N) is 1. The fourth-order valence-electron chi connectivity index (χ4n) is 1.19. The summed E-state index contributed by atoms with van der Waals surface area (Å²) in [5, 5.41) is 9.29. The van der Waals surface area contributed by atoms with E-state index in [4.69, 9.17) is 0 Å². The van der Waals surface area contributed by atoms with Gasteiger partial charge >= 0.3 is 6.61 Å². The minimum Gasteiger partial charge on any atom is -0.506 e. The fourth-order valence-corrected chi connectivity index (χ4v) is 1.19. The molecule has 4 nitrogen and oxygen atoms in total. The van der Waals surface area contributed by atoms with E-state index < -0.39 is 6.61 Å². The highest BCUT2D eigenvalue weighted by Gasteiger charge is 2.12. The second kappa shape index (κ2) is 3.13. The lowest BCUT2D eigenvalue weighted by atomic mass is 10.3. The van der Waals surface area contributed by atoms with Crippen LogP contribution in [0.3, 0.4) is 0 Å². The topological polar surface area (TPSA) is 58.1 Å². The standard InChI is InChI=1S/C8H6F2N2O2/c9-8(10)14-5-2-1-4(13)6-7(5)12-3-11-6/h1-3,8,13H,(H,11,12). The van der Waals surface area contributed by atoms with Gasteiger partial charge in [-0.15, -0.1) is 0 Å². The maximum absolute atomic E-state index is 11.9. The van der Waals surface area contributed by atoms with Gasteiger partial charge in [0, 0.05) is 0 Å². The number of rotatable bonds is 2. The molecule has 1 aromatic heterocycles. The average Bonchev–Trinajstić information content (AvgIpc) is 2.58. The van der Waals surface area contributed by atoms with Gasteiger partial charge < -0.3 is 14.8 Å². The molecule has 0 amide bonds. The molecule has 74 valence electrons. The SMILES string of the molecule is Oc1ccc(OC(F)F)c2[nH]cnc12. The van der Waals surface area contributed by atoms with Crippen LogP contribution in [0, 0.1) is 0 Å². The third-order valence-corrected chi connectivity index (χ3v) is 1.74. The van der Waals surface area contributed by atoms with Crippen molar-refractivity contribution in [2.75, 3.05) is 0 Å². The predicted octanol–water partition coefficient (Wildman–Crippen LogP) is 1.87. The van der Waals surface area contributed by atoms with Crippen LogP contribution in [-0.4, -0.2) is 21.7 Å². The number of phenolic OH excluding ortho intramolecular Hbond substituents is 1. The van der Waals surface area contributed by atoms with Crippen LogP contribution in [0.25, 0.3) is 11.0 Å². The van der Waals surface area contributed by atoms with Crippen LogP contribution in [0.2, 0.25) is 0 Å². The van der Waals surface area contributed by atoms with Crippen molar-refractivity contribution in [3.8, 4) is 11.5 Å². The summed E-state index contributed by atoms with van der Waals surface area (Å²) < 4.78 is 28.1. The van der Waals surface area contributed by atoms with E-state index in [-0.39, 0.29) is 22.5 Å². The molecular formula is C8H6F2N2O2. The third-order valence-electron chi connectivity index (χ3n) is 1.74. The van der Waals surface area contributed by atoms with Gasteiger partial charge in [0.1, 0.15) is 16.8 Å². The van der Waals surface area contributed by atoms with E-state index in [1.54, 1.807) is 0 Å². The number of alkyl halides is 2. The Hall–Kier alpha value is -1.85. The highest BCUT2D eigenvalue weighted by atomic mass is 19.3. The molecule has 0 atom stereocenters. The average molecular weight is 200 g/mol. The number of H-pyrrole nitrogens is 1. The molecule has 0 fully saturated rings. The Morgan fingerprint density at radius 2 is 2.21 bits per heavy atom. The molecule has 2 aromatic rings. The summed E-state index contributed by atoms with van der Waals surface area (Å²) in [6.45, 7) is -2.90. The molecule has 0 aliphatic carbocycles. The number of fused-ring (bicyclic) bond motifs is 1. The predicted molar refractivity (Wildman–Crippen MR) is 44.4 cm³/mol. The highest BCUT2D eigenvalue weighted by Crippen LogP contribution is 2.30. The lowest BCUT2D eigenvalue weighted by Crippen LogP contribution is -2.02. The van der Waals surface area contributed by atoms with Gasteiger partial charge in [-0.25, -0.2) is 4.98 Å². The Morgan fingerprint density at radius 1 is 1.43 bits per heavy atom. The third kappa shape index (κ3) is 1.34. The molecule has 0 saturated carbocycles. The van der Waals surface area contributed by atoms with Crippen LogP contribution in [-0.2, 0) is 0 Å². The Kier molecular flexibility index (Phi) is 1.95. The molecule has 2 N–H and O–H groups in total. The maximum atomic E-state index is 11.9. The van der Waals surface area contributed by atoms with Gasteiger partial charge in [-0.3, -0.25) is 0 Å². The van der Waals surface area contributed by atoms with E-state index in [0.717, 1.165) is 0 Å². The first-order chi connectivity index (χ1) is 6.68. The summed E-state index contributed by atoms with van der Waals surface area (Å²) >= 11 is 0. The molecule has 0 bridgehead atoms. The highest BCUT2D eigenvalue weighted by molar-refractivity contribution is 5.86. The molecule has 1 heterocycles. The van der Waals surface area contributed by atoms with Crippen LogP contribution in [0.5, 0.6) is 11.5 Å². The first-order valence-corrected chi connectivity index (χ1v) is 3.78. The van der Waals surface area contributed by atoms with E-state index in [0.29, 0.717) is 0 Å². The second-order valence-corrected chi connectivity index (χ2v) is 2.59. The lowest BCUT2D eigenvalue weighted by Gasteiger charge is -2.05. The second-order valence-electron chi connectivity index (χ2n) is 2.59. The lowest BCUT2D eigenvalue weighted by molar-refractivity contribution is -0.0489. The molecule has 0 saturated heterocycles. The van der Waals surface area contributed by atoms with Crippen LogP contribution >= 0.6 is 0 Å². The number of halogens is 2. The van der Waals surface area contributed by atoms with Crippen molar-refractivity contribution < 1.29 is 18.6 Å². The quantitative estimate of drug-likeness (QED) is 0.777. The van der Waals surface area contributed by atoms with Crippen molar-refractivity contribution in [1.29, 1.82) is 0 Å². The molecule has 0 spiro atoms. The molecule has 14 heavy (non-hydrogen) atoms. The van der Waals surface area contributed by atoms with E-state index in [9.17, 15) is 13.9 Å². The zero-order valence-corrected chi connectivity index (χ0v) is 6.87. The number of hydrogen-bond acceptors (Lipinski definition) is 3. The van der Waals surface area contributed by atoms with Gasteiger partial charge in [0.2, 0.25) is 0 Å². The number of benzene rings is 1. The molecule has 2 rings (SSSR count). The Balaban J connectivity index is 2.55. The number of aromatic nitrogens is 2.